The number of aryl methyl sites for hydroxylation is 1. The van der Waals surface area contributed by atoms with Gasteiger partial charge in [0.1, 0.15) is 5.82 Å². The van der Waals surface area contributed by atoms with Crippen LogP contribution in [-0.2, 0) is 17.7 Å². The molecule has 0 fully saturated rings. The standard InChI is InChI=1S/C15H19N3O2S/c1-3-10-5-6-11(21-10)9-18-14-13(16)12(7-8-17-14)15(19)20-4-2/h5-8H,3-4,9,16H2,1-2H3,(H,17,18). The van der Waals surface area contributed by atoms with E-state index in [4.69, 9.17) is 10.5 Å². The number of hydrogen-bond donors (Lipinski definition) is 2. The first-order chi connectivity index (χ1) is 10.2. The van der Waals surface area contributed by atoms with Crippen LogP contribution in [0, 0.1) is 0 Å². The Bertz CT molecular complexity index is 625. The third kappa shape index (κ3) is 3.72. The van der Waals surface area contributed by atoms with Gasteiger partial charge in [-0.25, -0.2) is 9.78 Å². The molecule has 0 aliphatic heterocycles. The van der Waals surface area contributed by atoms with E-state index >= 15 is 0 Å². The lowest BCUT2D eigenvalue weighted by atomic mass is 10.2. The molecule has 2 heterocycles. The molecular formula is C15H19N3O2S. The van der Waals surface area contributed by atoms with Crippen molar-refractivity contribution in [2.24, 2.45) is 0 Å². The van der Waals surface area contributed by atoms with Crippen LogP contribution in [0.25, 0.3) is 0 Å². The first-order valence-electron chi connectivity index (χ1n) is 6.88. The van der Waals surface area contributed by atoms with Crippen LogP contribution in [-0.4, -0.2) is 17.6 Å². The van der Waals surface area contributed by atoms with Crippen molar-refractivity contribution < 1.29 is 9.53 Å². The Kier molecular flexibility index (Phi) is 5.16. The lowest BCUT2D eigenvalue weighted by Gasteiger charge is -2.10. The Morgan fingerprint density at radius 2 is 2.10 bits per heavy atom. The van der Waals surface area contributed by atoms with Crippen LogP contribution in [0.3, 0.4) is 0 Å². The lowest BCUT2D eigenvalue weighted by molar-refractivity contribution is 0.0527. The van der Waals surface area contributed by atoms with E-state index in [-0.39, 0.29) is 0 Å². The summed E-state index contributed by atoms with van der Waals surface area (Å²) in [6, 6.07) is 5.77. The molecule has 0 bridgehead atoms. The average molecular weight is 305 g/mol. The van der Waals surface area contributed by atoms with Gasteiger partial charge in [0.15, 0.2) is 0 Å². The predicted molar refractivity (Wildman–Crippen MR) is 85.6 cm³/mol. The molecule has 0 radical (unpaired) electrons. The Labute approximate surface area is 128 Å². The topological polar surface area (TPSA) is 77.2 Å². The molecule has 0 atom stereocenters. The first kappa shape index (κ1) is 15.3. The number of carbonyl (C=O) groups is 1. The molecule has 0 aromatic carbocycles. The fourth-order valence-corrected chi connectivity index (χ4v) is 2.78. The number of nitrogens with one attached hydrogen (secondary N) is 1. The van der Waals surface area contributed by atoms with E-state index in [1.165, 1.54) is 9.75 Å². The van der Waals surface area contributed by atoms with Crippen LogP contribution < -0.4 is 11.1 Å². The molecule has 3 N–H and O–H groups in total. The number of nitrogens with zero attached hydrogens (tertiary/aromatic N) is 1. The van der Waals surface area contributed by atoms with Crippen molar-refractivity contribution in [3.63, 3.8) is 0 Å². The number of carbonyl (C=O) groups excluding carboxylic acids is 1. The van der Waals surface area contributed by atoms with Gasteiger partial charge in [-0.2, -0.15) is 0 Å². The molecule has 0 aliphatic carbocycles. The number of ether oxygens (including phenoxy) is 1. The van der Waals surface area contributed by atoms with E-state index in [0.717, 1.165) is 6.42 Å². The molecule has 2 rings (SSSR count). The number of nitrogen functional groups attached to an aromatic ring is 1. The van der Waals surface area contributed by atoms with Gasteiger partial charge in [-0.15, -0.1) is 11.3 Å². The van der Waals surface area contributed by atoms with Crippen molar-refractivity contribution >= 4 is 28.8 Å². The molecule has 0 saturated carbocycles. The number of thiophene rings is 1. The highest BCUT2D eigenvalue weighted by atomic mass is 32.1. The highest BCUT2D eigenvalue weighted by Gasteiger charge is 2.14. The molecule has 21 heavy (non-hydrogen) atoms. The Morgan fingerprint density at radius 3 is 2.76 bits per heavy atom. The van der Waals surface area contributed by atoms with Gasteiger partial charge in [0, 0.05) is 16.0 Å². The highest BCUT2D eigenvalue weighted by molar-refractivity contribution is 7.12. The summed E-state index contributed by atoms with van der Waals surface area (Å²) in [5, 5.41) is 3.17. The summed E-state index contributed by atoms with van der Waals surface area (Å²) in [4.78, 5) is 18.5. The molecule has 0 amide bonds. The van der Waals surface area contributed by atoms with Crippen LogP contribution >= 0.6 is 11.3 Å². The second-order valence-electron chi connectivity index (χ2n) is 4.42. The Balaban J connectivity index is 2.09. The van der Waals surface area contributed by atoms with E-state index < -0.39 is 5.97 Å². The predicted octanol–water partition coefficient (Wildman–Crippen LogP) is 3.08. The summed E-state index contributed by atoms with van der Waals surface area (Å²) < 4.78 is 4.97. The number of hydrogen-bond acceptors (Lipinski definition) is 6. The lowest BCUT2D eigenvalue weighted by Crippen LogP contribution is -2.11. The van der Waals surface area contributed by atoms with Crippen LogP contribution in [0.2, 0.25) is 0 Å². The summed E-state index contributed by atoms with van der Waals surface area (Å²) in [5.41, 5.74) is 6.65. The number of anilines is 2. The van der Waals surface area contributed by atoms with Gasteiger partial charge in [-0.1, -0.05) is 6.92 Å². The number of rotatable bonds is 6. The molecule has 5 nitrogen and oxygen atoms in total. The molecular weight excluding hydrogens is 286 g/mol. The molecule has 6 heteroatoms. The maximum Gasteiger partial charge on any atom is 0.340 e. The summed E-state index contributed by atoms with van der Waals surface area (Å²) in [6.07, 6.45) is 2.58. The van der Waals surface area contributed by atoms with E-state index in [2.05, 4.69) is 29.4 Å². The quantitative estimate of drug-likeness (QED) is 0.802. The minimum absolute atomic E-state index is 0.318. The normalized spacial score (nSPS) is 10.4. The third-order valence-corrected chi connectivity index (χ3v) is 4.21. The third-order valence-electron chi connectivity index (χ3n) is 2.98. The smallest absolute Gasteiger partial charge is 0.340 e. The number of aromatic nitrogens is 1. The van der Waals surface area contributed by atoms with Crippen LogP contribution in [0.5, 0.6) is 0 Å². The SMILES string of the molecule is CCOC(=O)c1ccnc(NCc2ccc(CC)s2)c1N. The maximum absolute atomic E-state index is 11.8. The second kappa shape index (κ2) is 7.08. The zero-order valence-corrected chi connectivity index (χ0v) is 13.0. The van der Waals surface area contributed by atoms with E-state index in [9.17, 15) is 4.79 Å². The summed E-state index contributed by atoms with van der Waals surface area (Å²) in [5.74, 6) is 0.0804. The molecule has 2 aromatic heterocycles. The van der Waals surface area contributed by atoms with Gasteiger partial charge in [-0.05, 0) is 31.5 Å². The van der Waals surface area contributed by atoms with Gasteiger partial charge in [0.25, 0.3) is 0 Å². The van der Waals surface area contributed by atoms with Crippen LogP contribution in [0.15, 0.2) is 24.4 Å². The van der Waals surface area contributed by atoms with Crippen LogP contribution in [0.4, 0.5) is 11.5 Å². The second-order valence-corrected chi connectivity index (χ2v) is 5.67. The van der Waals surface area contributed by atoms with Crippen LogP contribution in [0.1, 0.15) is 34.0 Å². The van der Waals surface area contributed by atoms with Crippen molar-refractivity contribution in [3.05, 3.63) is 39.7 Å². The van der Waals surface area contributed by atoms with E-state index in [1.54, 1.807) is 30.5 Å². The fourth-order valence-electron chi connectivity index (χ4n) is 1.88. The zero-order chi connectivity index (χ0) is 15.2. The summed E-state index contributed by atoms with van der Waals surface area (Å²) in [6.45, 7) is 4.84. The maximum atomic E-state index is 11.8. The molecule has 0 spiro atoms. The zero-order valence-electron chi connectivity index (χ0n) is 12.2. The minimum Gasteiger partial charge on any atom is -0.462 e. The van der Waals surface area contributed by atoms with Crippen molar-refractivity contribution in [2.75, 3.05) is 17.7 Å². The van der Waals surface area contributed by atoms with Crippen molar-refractivity contribution in [1.29, 1.82) is 0 Å². The van der Waals surface area contributed by atoms with E-state index in [1.807, 2.05) is 0 Å². The van der Waals surface area contributed by atoms with Gasteiger partial charge >= 0.3 is 5.97 Å². The van der Waals surface area contributed by atoms with Gasteiger partial charge in [0.2, 0.25) is 0 Å². The summed E-state index contributed by atoms with van der Waals surface area (Å²) in [7, 11) is 0. The Hall–Kier alpha value is -2.08. The number of nitrogens with two attached hydrogens (primary N) is 1. The minimum atomic E-state index is -0.426. The molecule has 0 aliphatic rings. The van der Waals surface area contributed by atoms with Gasteiger partial charge < -0.3 is 15.8 Å². The Morgan fingerprint density at radius 1 is 1.33 bits per heavy atom. The van der Waals surface area contributed by atoms with Crippen molar-refractivity contribution in [1.82, 2.24) is 4.98 Å². The molecule has 0 saturated heterocycles. The van der Waals surface area contributed by atoms with Crippen molar-refractivity contribution in [3.8, 4) is 0 Å². The van der Waals surface area contributed by atoms with Gasteiger partial charge in [-0.3, -0.25) is 0 Å². The summed E-state index contributed by atoms with van der Waals surface area (Å²) >= 11 is 1.75. The molecule has 112 valence electrons. The largest absolute Gasteiger partial charge is 0.462 e. The first-order valence-corrected chi connectivity index (χ1v) is 7.70. The average Bonchev–Trinajstić information content (AvgIpc) is 2.94. The monoisotopic (exact) mass is 305 g/mol. The number of pyridine rings is 1. The number of esters is 1. The van der Waals surface area contributed by atoms with Crippen molar-refractivity contribution in [2.45, 2.75) is 26.8 Å². The molecule has 2 aromatic rings. The van der Waals surface area contributed by atoms with E-state index in [0.29, 0.717) is 30.2 Å². The van der Waals surface area contributed by atoms with Gasteiger partial charge in [0.05, 0.1) is 24.4 Å². The fraction of sp³-hybridized carbons (Fsp3) is 0.333. The molecule has 0 unspecified atom stereocenters. The highest BCUT2D eigenvalue weighted by Crippen LogP contribution is 2.23.